The molecule has 106 valence electrons. The number of halogens is 1. The molecule has 21 heavy (non-hydrogen) atoms. The Bertz CT molecular complexity index is 672. The molecule has 0 saturated heterocycles. The van der Waals surface area contributed by atoms with Crippen molar-refractivity contribution in [2.75, 3.05) is 11.9 Å². The summed E-state index contributed by atoms with van der Waals surface area (Å²) >= 11 is 7.30. The van der Waals surface area contributed by atoms with Crippen LogP contribution < -0.4 is 10.6 Å². The number of carbonyl (C=O) groups is 1. The highest BCUT2D eigenvalue weighted by atomic mass is 35.5. The average molecular weight is 318 g/mol. The van der Waals surface area contributed by atoms with Gasteiger partial charge in [0.05, 0.1) is 18.2 Å². The quantitative estimate of drug-likeness (QED) is 0.833. The van der Waals surface area contributed by atoms with E-state index in [9.17, 15) is 4.79 Å². The van der Waals surface area contributed by atoms with E-state index in [1.54, 1.807) is 30.3 Å². The Morgan fingerprint density at radius 2 is 2.10 bits per heavy atom. The van der Waals surface area contributed by atoms with Gasteiger partial charge in [0.15, 0.2) is 0 Å². The number of hydrogen-bond acceptors (Lipinski definition) is 3. The van der Waals surface area contributed by atoms with Crippen LogP contribution >= 0.6 is 22.9 Å². The molecule has 1 aromatic heterocycles. The fraction of sp³-hybridized carbons (Fsp3) is 0.0667. The summed E-state index contributed by atoms with van der Waals surface area (Å²) in [5.74, 6) is 0. The molecule has 0 spiro atoms. The zero-order valence-corrected chi connectivity index (χ0v) is 12.5. The van der Waals surface area contributed by atoms with Crippen molar-refractivity contribution in [2.24, 2.45) is 0 Å². The van der Waals surface area contributed by atoms with Gasteiger partial charge in [0.1, 0.15) is 0 Å². The van der Waals surface area contributed by atoms with Crippen LogP contribution in [0.2, 0.25) is 5.02 Å². The second-order valence-corrected chi connectivity index (χ2v) is 5.53. The van der Waals surface area contributed by atoms with Gasteiger partial charge in [-0.1, -0.05) is 17.7 Å². The first-order valence-corrected chi connectivity index (χ1v) is 7.38. The topological polar surface area (TPSA) is 64.9 Å². The van der Waals surface area contributed by atoms with Gasteiger partial charge >= 0.3 is 6.03 Å². The Hall–Kier alpha value is -2.29. The van der Waals surface area contributed by atoms with Crippen molar-refractivity contribution in [1.82, 2.24) is 5.32 Å². The Morgan fingerprint density at radius 3 is 2.71 bits per heavy atom. The van der Waals surface area contributed by atoms with Crippen molar-refractivity contribution in [2.45, 2.75) is 0 Å². The van der Waals surface area contributed by atoms with Gasteiger partial charge in [0, 0.05) is 15.6 Å². The molecule has 1 aromatic carbocycles. The van der Waals surface area contributed by atoms with E-state index in [-0.39, 0.29) is 12.6 Å². The fourth-order valence-corrected chi connectivity index (χ4v) is 2.36. The first-order chi connectivity index (χ1) is 10.2. The van der Waals surface area contributed by atoms with Crippen LogP contribution in [0.5, 0.6) is 0 Å². The van der Waals surface area contributed by atoms with Crippen LogP contribution in [0.15, 0.2) is 47.4 Å². The highest BCUT2D eigenvalue weighted by molar-refractivity contribution is 7.10. The standard InChI is InChI=1S/C15H12ClN3OS/c16-12-3-5-13(6-4-12)19-15(20)18-10-11(9-17)8-14-2-1-7-21-14/h1-8H,10H2,(H2,18,19,20)/b11-8-. The summed E-state index contributed by atoms with van der Waals surface area (Å²) in [5.41, 5.74) is 1.13. The van der Waals surface area contributed by atoms with E-state index in [1.165, 1.54) is 11.3 Å². The fourth-order valence-electron chi connectivity index (χ4n) is 1.55. The first kappa shape index (κ1) is 15.1. The van der Waals surface area contributed by atoms with Crippen LogP contribution in [0.25, 0.3) is 6.08 Å². The Morgan fingerprint density at radius 1 is 1.33 bits per heavy atom. The summed E-state index contributed by atoms with van der Waals surface area (Å²) in [4.78, 5) is 12.7. The SMILES string of the molecule is N#C/C(=C/c1cccs1)CNC(=O)Nc1ccc(Cl)cc1. The van der Waals surface area contributed by atoms with Crippen LogP contribution in [0, 0.1) is 11.3 Å². The normalized spacial score (nSPS) is 10.8. The van der Waals surface area contributed by atoms with Crippen LogP contribution in [0.3, 0.4) is 0 Å². The third-order valence-corrected chi connectivity index (χ3v) is 3.62. The molecule has 0 aliphatic carbocycles. The molecule has 2 rings (SSSR count). The van der Waals surface area contributed by atoms with Gasteiger partial charge in [-0.2, -0.15) is 5.26 Å². The average Bonchev–Trinajstić information content (AvgIpc) is 2.99. The van der Waals surface area contributed by atoms with Crippen LogP contribution in [0.1, 0.15) is 4.88 Å². The predicted octanol–water partition coefficient (Wildman–Crippen LogP) is 4.13. The van der Waals surface area contributed by atoms with Gasteiger partial charge in [0.25, 0.3) is 0 Å². The summed E-state index contributed by atoms with van der Waals surface area (Å²) in [6.07, 6.45) is 1.76. The van der Waals surface area contributed by atoms with Gasteiger partial charge < -0.3 is 10.6 Å². The lowest BCUT2D eigenvalue weighted by Gasteiger charge is -2.07. The van der Waals surface area contributed by atoms with Crippen LogP contribution in [-0.4, -0.2) is 12.6 Å². The van der Waals surface area contributed by atoms with Gasteiger partial charge in [-0.25, -0.2) is 4.79 Å². The minimum atomic E-state index is -0.371. The molecule has 0 radical (unpaired) electrons. The molecule has 6 heteroatoms. The van der Waals surface area contributed by atoms with E-state index in [0.29, 0.717) is 16.3 Å². The molecule has 4 nitrogen and oxygen atoms in total. The van der Waals surface area contributed by atoms with E-state index in [2.05, 4.69) is 16.7 Å². The number of amides is 2. The third-order valence-electron chi connectivity index (χ3n) is 2.54. The molecular weight excluding hydrogens is 306 g/mol. The Labute approximate surface area is 131 Å². The van der Waals surface area contributed by atoms with Crippen molar-refractivity contribution in [1.29, 1.82) is 5.26 Å². The molecule has 0 aliphatic heterocycles. The van der Waals surface area contributed by atoms with Crippen molar-refractivity contribution < 1.29 is 4.79 Å². The minimum absolute atomic E-state index is 0.174. The molecule has 0 saturated carbocycles. The number of nitrogens with zero attached hydrogens (tertiary/aromatic N) is 1. The number of nitrogens with one attached hydrogen (secondary N) is 2. The van der Waals surface area contributed by atoms with Crippen molar-refractivity contribution in [3.05, 3.63) is 57.3 Å². The lowest BCUT2D eigenvalue weighted by atomic mass is 10.2. The van der Waals surface area contributed by atoms with E-state index in [4.69, 9.17) is 16.9 Å². The van der Waals surface area contributed by atoms with E-state index < -0.39 is 0 Å². The zero-order chi connectivity index (χ0) is 15.1. The summed E-state index contributed by atoms with van der Waals surface area (Å²) < 4.78 is 0. The van der Waals surface area contributed by atoms with Crippen molar-refractivity contribution in [3.8, 4) is 6.07 Å². The molecule has 0 aliphatic rings. The second kappa shape index (κ2) is 7.48. The van der Waals surface area contributed by atoms with Crippen LogP contribution in [0.4, 0.5) is 10.5 Å². The lowest BCUT2D eigenvalue weighted by Crippen LogP contribution is -2.30. The maximum Gasteiger partial charge on any atom is 0.319 e. The molecule has 2 aromatic rings. The number of benzene rings is 1. The van der Waals surface area contributed by atoms with Gasteiger partial charge in [-0.3, -0.25) is 0 Å². The molecule has 0 bridgehead atoms. The summed E-state index contributed by atoms with van der Waals surface area (Å²) in [5, 5.41) is 16.9. The molecule has 0 unspecified atom stereocenters. The smallest absolute Gasteiger partial charge is 0.319 e. The number of rotatable bonds is 4. The van der Waals surface area contributed by atoms with E-state index in [0.717, 1.165) is 4.88 Å². The van der Waals surface area contributed by atoms with Crippen molar-refractivity contribution in [3.63, 3.8) is 0 Å². The highest BCUT2D eigenvalue weighted by Crippen LogP contribution is 2.14. The lowest BCUT2D eigenvalue weighted by molar-refractivity contribution is 0.253. The monoisotopic (exact) mass is 317 g/mol. The third kappa shape index (κ3) is 4.95. The largest absolute Gasteiger partial charge is 0.333 e. The molecule has 2 amide bonds. The molecule has 0 fully saturated rings. The van der Waals surface area contributed by atoms with Crippen LogP contribution in [-0.2, 0) is 0 Å². The molecule has 1 heterocycles. The second-order valence-electron chi connectivity index (χ2n) is 4.11. The predicted molar refractivity (Wildman–Crippen MR) is 86.4 cm³/mol. The number of nitriles is 1. The number of carbonyl (C=O) groups excluding carboxylic acids is 1. The number of urea groups is 1. The van der Waals surface area contributed by atoms with Crippen molar-refractivity contribution >= 4 is 40.7 Å². The number of anilines is 1. The van der Waals surface area contributed by atoms with Gasteiger partial charge in [-0.15, -0.1) is 11.3 Å². The maximum atomic E-state index is 11.7. The van der Waals surface area contributed by atoms with Gasteiger partial charge in [0.2, 0.25) is 0 Å². The van der Waals surface area contributed by atoms with E-state index >= 15 is 0 Å². The highest BCUT2D eigenvalue weighted by Gasteiger charge is 2.03. The van der Waals surface area contributed by atoms with Gasteiger partial charge in [-0.05, 0) is 41.8 Å². The Kier molecular flexibility index (Phi) is 5.38. The first-order valence-electron chi connectivity index (χ1n) is 6.12. The summed E-state index contributed by atoms with van der Waals surface area (Å²) in [7, 11) is 0. The Balaban J connectivity index is 1.88. The maximum absolute atomic E-state index is 11.7. The number of hydrogen-bond donors (Lipinski definition) is 2. The molecular formula is C15H12ClN3OS. The molecule has 2 N–H and O–H groups in total. The molecule has 0 atom stereocenters. The summed E-state index contributed by atoms with van der Waals surface area (Å²) in [6.45, 7) is 0.174. The number of thiophene rings is 1. The zero-order valence-electron chi connectivity index (χ0n) is 11.0. The minimum Gasteiger partial charge on any atom is -0.333 e. The summed E-state index contributed by atoms with van der Waals surface area (Å²) in [6, 6.07) is 12.3. The van der Waals surface area contributed by atoms with E-state index in [1.807, 2.05) is 17.5 Å².